The second-order valence-electron chi connectivity index (χ2n) is 9.05. The van der Waals surface area contributed by atoms with Gasteiger partial charge in [0.25, 0.3) is 5.56 Å². The van der Waals surface area contributed by atoms with Gasteiger partial charge in [-0.1, -0.05) is 41.9 Å². The summed E-state index contributed by atoms with van der Waals surface area (Å²) < 4.78 is 16.2. The van der Waals surface area contributed by atoms with Gasteiger partial charge in [-0.2, -0.15) is 0 Å². The Morgan fingerprint density at radius 2 is 1.92 bits per heavy atom. The molecule has 1 aliphatic rings. The number of imidazole rings is 1. The summed E-state index contributed by atoms with van der Waals surface area (Å²) in [6.45, 7) is 4.02. The molecule has 37 heavy (non-hydrogen) atoms. The zero-order valence-corrected chi connectivity index (χ0v) is 21.6. The number of aryl methyl sites for hydroxylation is 1. The van der Waals surface area contributed by atoms with Crippen molar-refractivity contribution in [3.05, 3.63) is 80.2 Å². The first-order chi connectivity index (χ1) is 18.1. The summed E-state index contributed by atoms with van der Waals surface area (Å²) in [5.41, 5.74) is 1.71. The predicted molar refractivity (Wildman–Crippen MR) is 142 cm³/mol. The molecule has 5 rings (SSSR count). The maximum atomic E-state index is 13.8. The van der Waals surface area contributed by atoms with Crippen molar-refractivity contribution >= 4 is 22.8 Å². The van der Waals surface area contributed by atoms with Crippen LogP contribution in [0, 0.1) is 0 Å². The summed E-state index contributed by atoms with van der Waals surface area (Å²) >= 11 is 6.02. The minimum absolute atomic E-state index is 0.205. The SMILES string of the molecule is CCn1c(=O)n(CCCOC2CCCCO2)c(=O)c2c1nc(-c1ccc(Cl)nc1)n2Cc1ccccc1. The fourth-order valence-electron chi connectivity index (χ4n) is 4.70. The van der Waals surface area contributed by atoms with Crippen molar-refractivity contribution in [2.24, 2.45) is 0 Å². The molecule has 9 nitrogen and oxygen atoms in total. The lowest BCUT2D eigenvalue weighted by molar-refractivity contribution is -0.163. The van der Waals surface area contributed by atoms with Crippen molar-refractivity contribution in [3.63, 3.8) is 0 Å². The summed E-state index contributed by atoms with van der Waals surface area (Å²) in [5.74, 6) is 0.553. The van der Waals surface area contributed by atoms with Crippen LogP contribution >= 0.6 is 11.6 Å². The Balaban J connectivity index is 1.56. The quantitative estimate of drug-likeness (QED) is 0.242. The van der Waals surface area contributed by atoms with Gasteiger partial charge in [0, 0.05) is 38.0 Å². The number of pyridine rings is 1. The summed E-state index contributed by atoms with van der Waals surface area (Å²) in [4.78, 5) is 36.2. The van der Waals surface area contributed by atoms with E-state index in [0.29, 0.717) is 60.4 Å². The predicted octanol–water partition coefficient (Wildman–Crippen LogP) is 4.08. The number of halogens is 1. The van der Waals surface area contributed by atoms with E-state index in [9.17, 15) is 9.59 Å². The van der Waals surface area contributed by atoms with E-state index < -0.39 is 0 Å². The molecule has 0 spiro atoms. The molecule has 1 atom stereocenters. The van der Waals surface area contributed by atoms with Crippen LogP contribution in [0.1, 0.15) is 38.2 Å². The monoisotopic (exact) mass is 523 g/mol. The maximum absolute atomic E-state index is 13.8. The number of nitrogens with zero attached hydrogens (tertiary/aromatic N) is 5. The highest BCUT2D eigenvalue weighted by atomic mass is 35.5. The van der Waals surface area contributed by atoms with Gasteiger partial charge in [0.2, 0.25) is 0 Å². The highest BCUT2D eigenvalue weighted by Crippen LogP contribution is 2.24. The lowest BCUT2D eigenvalue weighted by Crippen LogP contribution is -2.40. The number of fused-ring (bicyclic) bond motifs is 1. The third kappa shape index (κ3) is 5.39. The van der Waals surface area contributed by atoms with Gasteiger partial charge in [0.1, 0.15) is 11.0 Å². The number of rotatable bonds is 9. The van der Waals surface area contributed by atoms with Crippen LogP contribution in [0.5, 0.6) is 0 Å². The van der Waals surface area contributed by atoms with Crippen LogP contribution in [-0.2, 0) is 29.1 Å². The zero-order chi connectivity index (χ0) is 25.8. The molecule has 1 unspecified atom stereocenters. The van der Waals surface area contributed by atoms with Gasteiger partial charge in [-0.3, -0.25) is 13.9 Å². The largest absolute Gasteiger partial charge is 0.353 e. The molecule has 0 N–H and O–H groups in total. The van der Waals surface area contributed by atoms with Crippen molar-refractivity contribution in [1.82, 2.24) is 23.7 Å². The first kappa shape index (κ1) is 25.4. The molecule has 4 heterocycles. The van der Waals surface area contributed by atoms with Crippen molar-refractivity contribution in [2.45, 2.75) is 58.5 Å². The van der Waals surface area contributed by atoms with Crippen molar-refractivity contribution < 1.29 is 9.47 Å². The van der Waals surface area contributed by atoms with E-state index >= 15 is 0 Å². The average Bonchev–Trinajstić information content (AvgIpc) is 3.29. The highest BCUT2D eigenvalue weighted by molar-refractivity contribution is 6.29. The van der Waals surface area contributed by atoms with Crippen LogP contribution in [0.2, 0.25) is 5.15 Å². The molecule has 10 heteroatoms. The Morgan fingerprint density at radius 3 is 2.62 bits per heavy atom. The van der Waals surface area contributed by atoms with E-state index in [1.165, 1.54) is 4.57 Å². The summed E-state index contributed by atoms with van der Waals surface area (Å²) in [6, 6.07) is 13.3. The fraction of sp³-hybridized carbons (Fsp3) is 0.407. The topological polar surface area (TPSA) is 93.2 Å². The van der Waals surface area contributed by atoms with E-state index in [4.69, 9.17) is 26.1 Å². The number of hydrogen-bond donors (Lipinski definition) is 0. The standard InChI is InChI=1S/C27H30ClN5O4/c1-2-31-25-23(26(34)32(27(31)35)14-8-16-37-22-11-6-7-15-36-22)33(18-19-9-4-3-5-10-19)24(30-25)20-12-13-21(28)29-17-20/h3-5,9-10,12-13,17,22H,2,6-8,11,14-16,18H2,1H3. The molecule has 3 aromatic heterocycles. The van der Waals surface area contributed by atoms with E-state index in [2.05, 4.69) is 4.98 Å². The van der Waals surface area contributed by atoms with E-state index in [1.54, 1.807) is 16.8 Å². The summed E-state index contributed by atoms with van der Waals surface area (Å²) in [6.07, 6.45) is 4.95. The fourth-order valence-corrected chi connectivity index (χ4v) is 4.81. The van der Waals surface area contributed by atoms with E-state index in [0.717, 1.165) is 24.8 Å². The van der Waals surface area contributed by atoms with Gasteiger partial charge in [-0.15, -0.1) is 0 Å². The van der Waals surface area contributed by atoms with Gasteiger partial charge < -0.3 is 14.0 Å². The van der Waals surface area contributed by atoms with Gasteiger partial charge >= 0.3 is 5.69 Å². The molecule has 0 amide bonds. The Labute approximate surface area is 219 Å². The van der Waals surface area contributed by atoms with Crippen LogP contribution in [0.3, 0.4) is 0 Å². The van der Waals surface area contributed by atoms with Gasteiger partial charge in [-0.05, 0) is 50.3 Å². The zero-order valence-electron chi connectivity index (χ0n) is 20.8. The Kier molecular flexibility index (Phi) is 7.83. The van der Waals surface area contributed by atoms with Crippen molar-refractivity contribution in [2.75, 3.05) is 13.2 Å². The second kappa shape index (κ2) is 11.4. The first-order valence-corrected chi connectivity index (χ1v) is 13.1. The van der Waals surface area contributed by atoms with Gasteiger partial charge in [0.05, 0.1) is 6.61 Å². The minimum Gasteiger partial charge on any atom is -0.353 e. The molecule has 0 saturated carbocycles. The van der Waals surface area contributed by atoms with Gasteiger partial charge in [-0.25, -0.2) is 14.8 Å². The minimum atomic E-state index is -0.376. The van der Waals surface area contributed by atoms with Gasteiger partial charge in [0.15, 0.2) is 17.5 Å². The molecule has 0 bridgehead atoms. The number of benzene rings is 1. The molecule has 0 aliphatic carbocycles. The molecule has 1 fully saturated rings. The first-order valence-electron chi connectivity index (χ1n) is 12.7. The third-order valence-electron chi connectivity index (χ3n) is 6.57. The Hall–Kier alpha value is -3.27. The molecule has 0 radical (unpaired) electrons. The smallest absolute Gasteiger partial charge is 0.332 e. The number of hydrogen-bond acceptors (Lipinski definition) is 6. The molecule has 1 saturated heterocycles. The molecule has 1 aromatic carbocycles. The lowest BCUT2D eigenvalue weighted by Gasteiger charge is -2.22. The van der Waals surface area contributed by atoms with Crippen molar-refractivity contribution in [3.8, 4) is 11.4 Å². The van der Waals surface area contributed by atoms with Crippen LogP contribution in [-0.4, -0.2) is 43.2 Å². The van der Waals surface area contributed by atoms with E-state index in [1.807, 2.05) is 47.9 Å². The van der Waals surface area contributed by atoms with E-state index in [-0.39, 0.29) is 24.1 Å². The molecular formula is C27H30ClN5O4. The highest BCUT2D eigenvalue weighted by Gasteiger charge is 2.22. The molecule has 1 aliphatic heterocycles. The molecule has 194 valence electrons. The lowest BCUT2D eigenvalue weighted by atomic mass is 10.2. The third-order valence-corrected chi connectivity index (χ3v) is 6.79. The Bertz CT molecular complexity index is 1470. The van der Waals surface area contributed by atoms with Crippen LogP contribution < -0.4 is 11.2 Å². The normalized spacial score (nSPS) is 15.9. The number of ether oxygens (including phenoxy) is 2. The Morgan fingerprint density at radius 1 is 1.08 bits per heavy atom. The average molecular weight is 524 g/mol. The van der Waals surface area contributed by atoms with Crippen LogP contribution in [0.4, 0.5) is 0 Å². The van der Waals surface area contributed by atoms with Crippen molar-refractivity contribution in [1.29, 1.82) is 0 Å². The summed E-state index contributed by atoms with van der Waals surface area (Å²) in [7, 11) is 0. The summed E-state index contributed by atoms with van der Waals surface area (Å²) in [5, 5.41) is 0.364. The molecular weight excluding hydrogens is 494 g/mol. The number of aromatic nitrogens is 5. The van der Waals surface area contributed by atoms with Crippen LogP contribution in [0.15, 0.2) is 58.3 Å². The maximum Gasteiger partial charge on any atom is 0.332 e. The second-order valence-corrected chi connectivity index (χ2v) is 9.44. The van der Waals surface area contributed by atoms with Crippen LogP contribution in [0.25, 0.3) is 22.6 Å². The molecule has 4 aromatic rings.